The van der Waals surface area contributed by atoms with Gasteiger partial charge >= 0.3 is 0 Å². The van der Waals surface area contributed by atoms with Crippen LogP contribution >= 0.6 is 15.9 Å². The quantitative estimate of drug-likeness (QED) is 0.231. The minimum atomic E-state index is -0.926. The molecule has 0 aromatic carbocycles. The molecule has 0 spiro atoms. The van der Waals surface area contributed by atoms with Crippen LogP contribution in [0.5, 0.6) is 0 Å². The molecular formula is C6H7BrN2O3. The highest BCUT2D eigenvalue weighted by Crippen LogP contribution is 2.17. The average Bonchev–Trinajstić information content (AvgIpc) is 1.94. The van der Waals surface area contributed by atoms with Gasteiger partial charge in [-0.05, 0) is 15.9 Å². The molecule has 5 nitrogen and oxygen atoms in total. The Morgan fingerprint density at radius 2 is 2.33 bits per heavy atom. The fraction of sp³-hybridized carbons (Fsp3) is 0.333. The van der Waals surface area contributed by atoms with E-state index in [1.165, 1.54) is 18.4 Å². The predicted octanol–water partition coefficient (Wildman–Crippen LogP) is 0.168. The van der Waals surface area contributed by atoms with E-state index >= 15 is 0 Å². The highest BCUT2D eigenvalue weighted by molar-refractivity contribution is 9.10. The normalized spacial score (nSPS) is 34.6. The maximum atomic E-state index is 11.1. The molecule has 0 saturated carbocycles. The molecule has 6 heteroatoms. The maximum absolute atomic E-state index is 11.1. The smallest absolute Gasteiger partial charge is 0.277 e. The number of nitro groups is 1. The Morgan fingerprint density at radius 3 is 2.75 bits per heavy atom. The summed E-state index contributed by atoms with van der Waals surface area (Å²) in [5, 5.41) is 21.2. The highest BCUT2D eigenvalue weighted by Gasteiger charge is 2.31. The van der Waals surface area contributed by atoms with Crippen LogP contribution in [0.1, 0.15) is 6.92 Å². The molecule has 0 fully saturated rings. The average molecular weight is 235 g/mol. The van der Waals surface area contributed by atoms with Gasteiger partial charge in [0.05, 0.1) is 17.1 Å². The van der Waals surface area contributed by atoms with Crippen molar-refractivity contribution in [2.45, 2.75) is 11.4 Å². The Balaban J connectivity index is 2.97. The molecular weight excluding hydrogens is 228 g/mol. The van der Waals surface area contributed by atoms with E-state index in [-0.39, 0.29) is 10.8 Å². The lowest BCUT2D eigenvalue weighted by atomic mass is 10.2. The van der Waals surface area contributed by atoms with Crippen molar-refractivity contribution < 1.29 is 9.99 Å². The highest BCUT2D eigenvalue weighted by atomic mass is 79.9. The summed E-state index contributed by atoms with van der Waals surface area (Å²) < 4.78 is -0.926. The summed E-state index contributed by atoms with van der Waals surface area (Å²) in [6.45, 7) is 1.57. The SMILES string of the molecule is CC1(Br)C=C([N+](=O)[O-])C=C[NH+]1[O-]. The zero-order chi connectivity index (χ0) is 9.35. The number of nitrogens with one attached hydrogen (secondary N) is 1. The minimum Gasteiger partial charge on any atom is -0.628 e. The molecule has 0 aromatic heterocycles. The number of halogens is 1. The van der Waals surface area contributed by atoms with E-state index in [1.54, 1.807) is 6.92 Å². The first kappa shape index (κ1) is 9.37. The molecule has 0 saturated heterocycles. The number of rotatable bonds is 1. The number of hydroxylamine groups is 2. The Morgan fingerprint density at radius 1 is 1.75 bits per heavy atom. The molecule has 1 N–H and O–H groups in total. The third-order valence-electron chi connectivity index (χ3n) is 1.52. The van der Waals surface area contributed by atoms with E-state index in [9.17, 15) is 15.3 Å². The van der Waals surface area contributed by atoms with E-state index in [0.717, 1.165) is 0 Å². The molecule has 0 radical (unpaired) electrons. The predicted molar refractivity (Wildman–Crippen MR) is 45.9 cm³/mol. The van der Waals surface area contributed by atoms with Crippen LogP contribution in [0.15, 0.2) is 24.0 Å². The van der Waals surface area contributed by atoms with Crippen LogP contribution in [0.2, 0.25) is 0 Å². The summed E-state index contributed by atoms with van der Waals surface area (Å²) in [5.41, 5.74) is -0.0611. The molecule has 66 valence electrons. The number of hydrogen-bond donors (Lipinski definition) is 1. The Hall–Kier alpha value is -0.720. The van der Waals surface area contributed by atoms with Gasteiger partial charge in [-0.25, -0.2) is 0 Å². The number of nitrogens with zero attached hydrogens (tertiary/aromatic N) is 1. The molecule has 1 aliphatic rings. The fourth-order valence-corrected chi connectivity index (χ4v) is 1.20. The molecule has 1 heterocycles. The standard InChI is InChI=1S/C6H7BrN2O3/c1-6(7)4-5(9(11)12)2-3-8(6)10/h2-4,8H,1H3. The lowest BCUT2D eigenvalue weighted by Crippen LogP contribution is -3.10. The molecule has 2 unspecified atom stereocenters. The summed E-state index contributed by atoms with van der Waals surface area (Å²) >= 11 is 3.08. The largest absolute Gasteiger partial charge is 0.628 e. The van der Waals surface area contributed by atoms with Crippen molar-refractivity contribution in [2.75, 3.05) is 0 Å². The van der Waals surface area contributed by atoms with Crippen LogP contribution < -0.4 is 5.06 Å². The van der Waals surface area contributed by atoms with E-state index in [2.05, 4.69) is 15.9 Å². The summed E-state index contributed by atoms with van der Waals surface area (Å²) in [4.78, 5) is 9.78. The molecule has 1 aliphatic heterocycles. The molecule has 12 heavy (non-hydrogen) atoms. The van der Waals surface area contributed by atoms with Gasteiger partial charge in [-0.2, -0.15) is 0 Å². The monoisotopic (exact) mass is 234 g/mol. The van der Waals surface area contributed by atoms with Gasteiger partial charge in [0, 0.05) is 6.92 Å². The number of allylic oxidation sites excluding steroid dienone is 1. The first-order valence-electron chi connectivity index (χ1n) is 3.22. The van der Waals surface area contributed by atoms with Crippen molar-refractivity contribution in [3.05, 3.63) is 39.4 Å². The van der Waals surface area contributed by atoms with Crippen LogP contribution in [0, 0.1) is 15.3 Å². The lowest BCUT2D eigenvalue weighted by Gasteiger charge is -2.31. The Bertz CT molecular complexity index is 272. The zero-order valence-corrected chi connectivity index (χ0v) is 7.87. The van der Waals surface area contributed by atoms with Gasteiger partial charge in [0.15, 0.2) is 4.45 Å². The Labute approximate surface area is 77.2 Å². The third kappa shape index (κ3) is 1.71. The van der Waals surface area contributed by atoms with Gasteiger partial charge in [0.2, 0.25) is 0 Å². The van der Waals surface area contributed by atoms with Gasteiger partial charge in [0.25, 0.3) is 5.70 Å². The van der Waals surface area contributed by atoms with Gasteiger partial charge in [-0.3, -0.25) is 10.1 Å². The molecule has 0 amide bonds. The molecule has 0 aliphatic carbocycles. The van der Waals surface area contributed by atoms with Crippen LogP contribution in [0.4, 0.5) is 0 Å². The molecule has 0 aromatic rings. The van der Waals surface area contributed by atoms with E-state index < -0.39 is 9.37 Å². The summed E-state index contributed by atoms with van der Waals surface area (Å²) in [6, 6.07) is 0. The van der Waals surface area contributed by atoms with Gasteiger partial charge in [-0.15, -0.1) is 0 Å². The summed E-state index contributed by atoms with van der Waals surface area (Å²) in [5.74, 6) is 0. The van der Waals surface area contributed by atoms with Crippen LogP contribution in [0.25, 0.3) is 0 Å². The van der Waals surface area contributed by atoms with Gasteiger partial charge in [0.1, 0.15) is 6.20 Å². The van der Waals surface area contributed by atoms with E-state index in [1.807, 2.05) is 0 Å². The second-order valence-electron chi connectivity index (χ2n) is 2.60. The van der Waals surface area contributed by atoms with Crippen molar-refractivity contribution in [1.82, 2.24) is 0 Å². The van der Waals surface area contributed by atoms with Crippen molar-refractivity contribution in [3.63, 3.8) is 0 Å². The van der Waals surface area contributed by atoms with E-state index in [0.29, 0.717) is 0 Å². The molecule has 2 atom stereocenters. The van der Waals surface area contributed by atoms with Crippen LogP contribution in [0.3, 0.4) is 0 Å². The maximum Gasteiger partial charge on any atom is 0.277 e. The summed E-state index contributed by atoms with van der Waals surface area (Å²) in [6.07, 6.45) is 3.69. The fourth-order valence-electron chi connectivity index (χ4n) is 0.835. The summed E-state index contributed by atoms with van der Waals surface area (Å²) in [7, 11) is 0. The topological polar surface area (TPSA) is 70.6 Å². The number of hydrogen-bond acceptors (Lipinski definition) is 3. The van der Waals surface area contributed by atoms with Crippen LogP contribution in [-0.4, -0.2) is 9.37 Å². The van der Waals surface area contributed by atoms with E-state index in [4.69, 9.17) is 0 Å². The number of alkyl halides is 1. The van der Waals surface area contributed by atoms with Crippen molar-refractivity contribution in [2.24, 2.45) is 0 Å². The van der Waals surface area contributed by atoms with Crippen molar-refractivity contribution >= 4 is 15.9 Å². The first-order chi connectivity index (χ1) is 5.43. The van der Waals surface area contributed by atoms with Crippen molar-refractivity contribution in [1.29, 1.82) is 0 Å². The van der Waals surface area contributed by atoms with Crippen molar-refractivity contribution in [3.8, 4) is 0 Å². The third-order valence-corrected chi connectivity index (χ3v) is 2.14. The first-order valence-corrected chi connectivity index (χ1v) is 4.01. The number of quaternary nitrogens is 1. The van der Waals surface area contributed by atoms with Crippen LogP contribution in [-0.2, 0) is 0 Å². The van der Waals surface area contributed by atoms with Gasteiger partial charge in [-0.1, -0.05) is 0 Å². The molecule has 1 rings (SSSR count). The van der Waals surface area contributed by atoms with Gasteiger partial charge < -0.3 is 10.3 Å². The lowest BCUT2D eigenvalue weighted by molar-refractivity contribution is -0.821. The molecule has 0 bridgehead atoms. The second-order valence-corrected chi connectivity index (χ2v) is 4.25. The minimum absolute atomic E-state index is 0.0611. The Kier molecular flexibility index (Phi) is 2.31. The second kappa shape index (κ2) is 2.96. The zero-order valence-electron chi connectivity index (χ0n) is 6.28.